The molecule has 0 amide bonds. The fraction of sp³-hybridized carbons (Fsp3) is 0.400. The normalized spacial score (nSPS) is 18.9. The van der Waals surface area contributed by atoms with E-state index in [1.807, 2.05) is 0 Å². The molecule has 1 atom stereocenters. The number of hydrogen-bond acceptors (Lipinski definition) is 8. The predicted octanol–water partition coefficient (Wildman–Crippen LogP) is 2.11. The molecule has 4 rings (SSSR count). The van der Waals surface area contributed by atoms with Crippen LogP contribution in [0.4, 0.5) is 0 Å². The molecule has 0 bridgehead atoms. The molecule has 0 saturated carbocycles. The smallest absolute Gasteiger partial charge is 0.293 e. The molecule has 0 unspecified atom stereocenters. The van der Waals surface area contributed by atoms with Gasteiger partial charge in [0.1, 0.15) is 10.6 Å². The van der Waals surface area contributed by atoms with Crippen LogP contribution < -0.4 is 0 Å². The lowest BCUT2D eigenvalue weighted by molar-refractivity contribution is 0.389. The molecule has 0 aromatic carbocycles. The molecular formula is C15H16N4O5S. The van der Waals surface area contributed by atoms with Crippen molar-refractivity contribution in [3.05, 3.63) is 35.7 Å². The van der Waals surface area contributed by atoms with Crippen molar-refractivity contribution in [2.75, 3.05) is 13.1 Å². The van der Waals surface area contributed by atoms with Gasteiger partial charge in [-0.3, -0.25) is 0 Å². The van der Waals surface area contributed by atoms with Crippen LogP contribution in [-0.4, -0.2) is 41.1 Å². The van der Waals surface area contributed by atoms with Gasteiger partial charge in [0.15, 0.2) is 17.3 Å². The van der Waals surface area contributed by atoms with Crippen LogP contribution >= 0.6 is 0 Å². The Morgan fingerprint density at radius 2 is 2.08 bits per heavy atom. The van der Waals surface area contributed by atoms with Gasteiger partial charge in [-0.15, -0.1) is 0 Å². The molecule has 0 N–H and O–H groups in total. The summed E-state index contributed by atoms with van der Waals surface area (Å²) in [4.78, 5) is 4.46. The Hall–Kier alpha value is -2.46. The molecule has 1 aliphatic heterocycles. The average Bonchev–Trinajstić information content (AvgIpc) is 3.35. The predicted molar refractivity (Wildman–Crippen MR) is 84.1 cm³/mol. The van der Waals surface area contributed by atoms with E-state index in [0.717, 1.165) is 0 Å². The second-order valence-electron chi connectivity index (χ2n) is 5.94. The SMILES string of the molecule is Cc1noc(C)c1S(=O)(=O)N1CC[C@H](c2noc(-c3ccco3)n2)C1. The number of aromatic nitrogens is 3. The number of aryl methyl sites for hydroxylation is 2. The van der Waals surface area contributed by atoms with Crippen LogP contribution in [-0.2, 0) is 10.0 Å². The molecule has 1 saturated heterocycles. The molecule has 0 spiro atoms. The van der Waals surface area contributed by atoms with Crippen molar-refractivity contribution >= 4 is 10.0 Å². The highest BCUT2D eigenvalue weighted by molar-refractivity contribution is 7.89. The average molecular weight is 364 g/mol. The minimum Gasteiger partial charge on any atom is -0.459 e. The Morgan fingerprint density at radius 3 is 2.76 bits per heavy atom. The summed E-state index contributed by atoms with van der Waals surface area (Å²) in [7, 11) is -3.66. The zero-order valence-corrected chi connectivity index (χ0v) is 14.5. The summed E-state index contributed by atoms with van der Waals surface area (Å²) in [6.45, 7) is 3.87. The van der Waals surface area contributed by atoms with E-state index >= 15 is 0 Å². The lowest BCUT2D eigenvalue weighted by Crippen LogP contribution is -2.29. The second kappa shape index (κ2) is 5.81. The largest absolute Gasteiger partial charge is 0.459 e. The van der Waals surface area contributed by atoms with Crippen LogP contribution in [0.2, 0.25) is 0 Å². The van der Waals surface area contributed by atoms with Gasteiger partial charge >= 0.3 is 0 Å². The quantitative estimate of drug-likeness (QED) is 0.691. The number of hydrogen-bond donors (Lipinski definition) is 0. The molecule has 0 aliphatic carbocycles. The third-order valence-electron chi connectivity index (χ3n) is 4.26. The molecule has 132 valence electrons. The molecule has 0 radical (unpaired) electrons. The van der Waals surface area contributed by atoms with Crippen molar-refractivity contribution in [2.45, 2.75) is 31.1 Å². The first-order chi connectivity index (χ1) is 12.0. The van der Waals surface area contributed by atoms with Gasteiger partial charge in [-0.2, -0.15) is 9.29 Å². The number of sulfonamides is 1. The molecule has 3 aromatic rings. The highest BCUT2D eigenvalue weighted by atomic mass is 32.2. The van der Waals surface area contributed by atoms with Gasteiger partial charge in [-0.05, 0) is 32.4 Å². The fourth-order valence-electron chi connectivity index (χ4n) is 3.03. The summed E-state index contributed by atoms with van der Waals surface area (Å²) in [5.74, 6) is 1.40. The Morgan fingerprint density at radius 1 is 1.24 bits per heavy atom. The van der Waals surface area contributed by atoms with Gasteiger partial charge in [-0.1, -0.05) is 10.3 Å². The lowest BCUT2D eigenvalue weighted by atomic mass is 10.1. The van der Waals surface area contributed by atoms with E-state index < -0.39 is 10.0 Å². The van der Waals surface area contributed by atoms with Gasteiger partial charge in [0.25, 0.3) is 5.89 Å². The summed E-state index contributed by atoms with van der Waals surface area (Å²) < 4.78 is 42.5. The zero-order valence-electron chi connectivity index (χ0n) is 13.7. The van der Waals surface area contributed by atoms with Crippen LogP contribution in [0.25, 0.3) is 11.7 Å². The van der Waals surface area contributed by atoms with Crippen molar-refractivity contribution in [3.8, 4) is 11.7 Å². The highest BCUT2D eigenvalue weighted by Gasteiger charge is 2.38. The molecule has 9 nitrogen and oxygen atoms in total. The van der Waals surface area contributed by atoms with Gasteiger partial charge < -0.3 is 13.5 Å². The van der Waals surface area contributed by atoms with Crippen molar-refractivity contribution in [1.82, 2.24) is 19.6 Å². The van der Waals surface area contributed by atoms with Gasteiger partial charge in [0.05, 0.1) is 6.26 Å². The Bertz CT molecular complexity index is 970. The molecule has 1 aliphatic rings. The van der Waals surface area contributed by atoms with E-state index in [1.165, 1.54) is 10.6 Å². The number of nitrogens with zero attached hydrogens (tertiary/aromatic N) is 4. The molecule has 10 heteroatoms. The van der Waals surface area contributed by atoms with E-state index in [-0.39, 0.29) is 23.2 Å². The summed E-state index contributed by atoms with van der Waals surface area (Å²) in [6.07, 6.45) is 2.13. The van der Waals surface area contributed by atoms with Crippen molar-refractivity contribution < 1.29 is 21.9 Å². The van der Waals surface area contributed by atoms with E-state index in [0.29, 0.717) is 36.0 Å². The van der Waals surface area contributed by atoms with E-state index in [1.54, 1.807) is 26.0 Å². The summed E-state index contributed by atoms with van der Waals surface area (Å²) in [5.41, 5.74) is 0.362. The topological polar surface area (TPSA) is 115 Å². The Labute approximate surface area is 143 Å². The van der Waals surface area contributed by atoms with Crippen LogP contribution in [0.15, 0.2) is 36.8 Å². The maximum atomic E-state index is 12.9. The van der Waals surface area contributed by atoms with Gasteiger partial charge in [0.2, 0.25) is 10.0 Å². The zero-order chi connectivity index (χ0) is 17.6. The number of rotatable bonds is 4. The van der Waals surface area contributed by atoms with E-state index in [4.69, 9.17) is 13.5 Å². The molecule has 1 fully saturated rings. The van der Waals surface area contributed by atoms with Crippen LogP contribution in [0.5, 0.6) is 0 Å². The molecule has 4 heterocycles. The standard InChI is InChI=1S/C15H16N4O5S/c1-9-13(10(2)23-17-9)25(20,21)19-6-5-11(8-19)14-16-15(24-18-14)12-4-3-7-22-12/h3-4,7,11H,5-6,8H2,1-2H3/t11-/m0/s1. The number of furan rings is 1. The first-order valence-corrected chi connectivity index (χ1v) is 9.21. The molecule has 25 heavy (non-hydrogen) atoms. The van der Waals surface area contributed by atoms with Gasteiger partial charge in [0, 0.05) is 19.0 Å². The maximum Gasteiger partial charge on any atom is 0.293 e. The molecule has 3 aromatic heterocycles. The van der Waals surface area contributed by atoms with Crippen molar-refractivity contribution in [3.63, 3.8) is 0 Å². The third kappa shape index (κ3) is 2.67. The van der Waals surface area contributed by atoms with Crippen LogP contribution in [0.3, 0.4) is 0 Å². The first-order valence-electron chi connectivity index (χ1n) is 7.77. The second-order valence-corrected chi connectivity index (χ2v) is 7.81. The summed E-state index contributed by atoms with van der Waals surface area (Å²) in [6, 6.07) is 3.45. The lowest BCUT2D eigenvalue weighted by Gasteiger charge is -2.15. The first kappa shape index (κ1) is 16.0. The monoisotopic (exact) mass is 364 g/mol. The summed E-state index contributed by atoms with van der Waals surface area (Å²) in [5, 5.41) is 7.70. The van der Waals surface area contributed by atoms with E-state index in [2.05, 4.69) is 15.3 Å². The third-order valence-corrected chi connectivity index (χ3v) is 6.37. The van der Waals surface area contributed by atoms with Crippen molar-refractivity contribution in [2.24, 2.45) is 0 Å². The van der Waals surface area contributed by atoms with E-state index in [9.17, 15) is 8.42 Å². The molecular weight excluding hydrogens is 348 g/mol. The van der Waals surface area contributed by atoms with Crippen LogP contribution in [0.1, 0.15) is 29.6 Å². The Kier molecular flexibility index (Phi) is 3.73. The van der Waals surface area contributed by atoms with Gasteiger partial charge in [-0.25, -0.2) is 8.42 Å². The van der Waals surface area contributed by atoms with Crippen LogP contribution in [0, 0.1) is 13.8 Å². The fourth-order valence-corrected chi connectivity index (χ4v) is 4.82. The minimum atomic E-state index is -3.66. The highest BCUT2D eigenvalue weighted by Crippen LogP contribution is 2.32. The summed E-state index contributed by atoms with van der Waals surface area (Å²) >= 11 is 0. The minimum absolute atomic E-state index is 0.136. The van der Waals surface area contributed by atoms with Crippen molar-refractivity contribution in [1.29, 1.82) is 0 Å². The maximum absolute atomic E-state index is 12.9. The Balaban J connectivity index is 1.56.